The van der Waals surface area contributed by atoms with Crippen LogP contribution < -0.4 is 0 Å². The Labute approximate surface area is 254 Å². The molecular formula is C36H40O5S. The van der Waals surface area contributed by atoms with Gasteiger partial charge >= 0.3 is 0 Å². The molecule has 0 aromatic heterocycles. The summed E-state index contributed by atoms with van der Waals surface area (Å²) >= 11 is 1.73. The first-order valence-corrected chi connectivity index (χ1v) is 15.7. The number of rotatable bonds is 15. The Morgan fingerprint density at radius 1 is 0.524 bits per heavy atom. The fourth-order valence-electron chi connectivity index (χ4n) is 5.05. The summed E-state index contributed by atoms with van der Waals surface area (Å²) < 4.78 is 33.1. The van der Waals surface area contributed by atoms with Crippen LogP contribution >= 0.6 is 11.8 Å². The molecular weight excluding hydrogens is 544 g/mol. The van der Waals surface area contributed by atoms with Gasteiger partial charge in [-0.25, -0.2) is 0 Å². The molecule has 0 saturated carbocycles. The third-order valence-electron chi connectivity index (χ3n) is 7.17. The topological polar surface area (TPSA) is 46.2 Å². The lowest BCUT2D eigenvalue weighted by atomic mass is 9.98. The SMILES string of the molecule is CCSC1O[C@H](COCc2ccccc2)[C@@H](OCc2ccccc2)[C@H](OCc2ccccc2)[C@H]1OCc1ccccc1. The Morgan fingerprint density at radius 2 is 0.929 bits per heavy atom. The van der Waals surface area contributed by atoms with Gasteiger partial charge in [-0.05, 0) is 28.0 Å². The maximum Gasteiger partial charge on any atom is 0.132 e. The van der Waals surface area contributed by atoms with Crippen LogP contribution in [0.25, 0.3) is 0 Å². The van der Waals surface area contributed by atoms with Crippen molar-refractivity contribution in [1.29, 1.82) is 0 Å². The normalized spacial score (nSPS) is 22.2. The Hall–Kier alpha value is -2.97. The molecule has 1 aliphatic heterocycles. The maximum atomic E-state index is 6.76. The molecule has 4 aromatic rings. The number of benzene rings is 4. The molecule has 0 N–H and O–H groups in total. The zero-order chi connectivity index (χ0) is 28.8. The van der Waals surface area contributed by atoms with Crippen molar-refractivity contribution in [3.63, 3.8) is 0 Å². The lowest BCUT2D eigenvalue weighted by Crippen LogP contribution is -2.60. The van der Waals surface area contributed by atoms with Crippen molar-refractivity contribution in [2.75, 3.05) is 12.4 Å². The number of hydrogen-bond donors (Lipinski definition) is 0. The summed E-state index contributed by atoms with van der Waals surface area (Å²) in [4.78, 5) is 0. The quantitative estimate of drug-likeness (QED) is 0.145. The molecule has 42 heavy (non-hydrogen) atoms. The van der Waals surface area contributed by atoms with E-state index in [1.165, 1.54) is 0 Å². The summed E-state index contributed by atoms with van der Waals surface area (Å²) in [5, 5.41) is 0. The molecule has 4 aromatic carbocycles. The molecule has 0 spiro atoms. The number of ether oxygens (including phenoxy) is 5. The highest BCUT2D eigenvalue weighted by Gasteiger charge is 2.48. The lowest BCUT2D eigenvalue weighted by molar-refractivity contribution is -0.254. The summed E-state index contributed by atoms with van der Waals surface area (Å²) in [6.45, 7) is 4.37. The summed E-state index contributed by atoms with van der Waals surface area (Å²) in [7, 11) is 0. The average molecular weight is 585 g/mol. The van der Waals surface area contributed by atoms with Gasteiger partial charge in [0.05, 0.1) is 33.0 Å². The van der Waals surface area contributed by atoms with Gasteiger partial charge in [-0.1, -0.05) is 128 Å². The van der Waals surface area contributed by atoms with E-state index in [0.29, 0.717) is 33.0 Å². The molecule has 1 fully saturated rings. The van der Waals surface area contributed by atoms with Gasteiger partial charge in [0.1, 0.15) is 29.9 Å². The van der Waals surface area contributed by atoms with E-state index in [1.54, 1.807) is 11.8 Å². The minimum Gasteiger partial charge on any atom is -0.374 e. The van der Waals surface area contributed by atoms with Crippen molar-refractivity contribution in [3.8, 4) is 0 Å². The molecule has 1 saturated heterocycles. The van der Waals surface area contributed by atoms with Crippen molar-refractivity contribution < 1.29 is 23.7 Å². The van der Waals surface area contributed by atoms with Gasteiger partial charge in [-0.2, -0.15) is 0 Å². The third kappa shape index (κ3) is 9.01. The third-order valence-corrected chi connectivity index (χ3v) is 8.21. The largest absolute Gasteiger partial charge is 0.374 e. The van der Waals surface area contributed by atoms with Crippen LogP contribution in [-0.4, -0.2) is 42.2 Å². The van der Waals surface area contributed by atoms with Gasteiger partial charge in [0, 0.05) is 0 Å². The second-order valence-corrected chi connectivity index (χ2v) is 11.7. The molecule has 5 atom stereocenters. The van der Waals surface area contributed by atoms with Gasteiger partial charge in [0.15, 0.2) is 0 Å². The van der Waals surface area contributed by atoms with E-state index in [2.05, 4.69) is 55.5 Å². The van der Waals surface area contributed by atoms with Crippen molar-refractivity contribution in [1.82, 2.24) is 0 Å². The van der Waals surface area contributed by atoms with Crippen molar-refractivity contribution in [3.05, 3.63) is 144 Å². The molecule has 1 unspecified atom stereocenters. The molecule has 6 heteroatoms. The second kappa shape index (κ2) is 16.6. The van der Waals surface area contributed by atoms with E-state index in [-0.39, 0.29) is 23.7 Å². The lowest BCUT2D eigenvalue weighted by Gasteiger charge is -2.46. The Bertz CT molecular complexity index is 1280. The van der Waals surface area contributed by atoms with E-state index in [4.69, 9.17) is 23.7 Å². The minimum absolute atomic E-state index is 0.235. The van der Waals surface area contributed by atoms with Gasteiger partial charge in [-0.15, -0.1) is 11.8 Å². The van der Waals surface area contributed by atoms with Crippen LogP contribution in [0.4, 0.5) is 0 Å². The Balaban J connectivity index is 1.40. The molecule has 0 bridgehead atoms. The number of hydrogen-bond acceptors (Lipinski definition) is 6. The van der Waals surface area contributed by atoms with E-state index in [9.17, 15) is 0 Å². The second-order valence-electron chi connectivity index (χ2n) is 10.3. The number of thioether (sulfide) groups is 1. The summed E-state index contributed by atoms with van der Waals surface area (Å²) in [6.07, 6.45) is -1.45. The summed E-state index contributed by atoms with van der Waals surface area (Å²) in [5.74, 6) is 0.883. The van der Waals surface area contributed by atoms with Crippen LogP contribution in [0.2, 0.25) is 0 Å². The van der Waals surface area contributed by atoms with Crippen molar-refractivity contribution in [2.24, 2.45) is 0 Å². The molecule has 1 heterocycles. The van der Waals surface area contributed by atoms with Crippen LogP contribution in [0, 0.1) is 0 Å². The minimum atomic E-state index is -0.404. The molecule has 0 aliphatic carbocycles. The first-order chi connectivity index (χ1) is 20.8. The molecule has 5 rings (SSSR count). The predicted octanol–water partition coefficient (Wildman–Crippen LogP) is 7.44. The monoisotopic (exact) mass is 584 g/mol. The maximum absolute atomic E-state index is 6.76. The van der Waals surface area contributed by atoms with Gasteiger partial charge in [0.2, 0.25) is 0 Å². The van der Waals surface area contributed by atoms with Gasteiger partial charge < -0.3 is 23.7 Å². The molecule has 5 nitrogen and oxygen atoms in total. The highest BCUT2D eigenvalue weighted by atomic mass is 32.2. The fraction of sp³-hybridized carbons (Fsp3) is 0.333. The average Bonchev–Trinajstić information content (AvgIpc) is 3.05. The first-order valence-electron chi connectivity index (χ1n) is 14.7. The summed E-state index contributed by atoms with van der Waals surface area (Å²) in [6, 6.07) is 40.9. The first kappa shape index (κ1) is 30.5. The zero-order valence-electron chi connectivity index (χ0n) is 24.1. The van der Waals surface area contributed by atoms with Gasteiger partial charge in [-0.3, -0.25) is 0 Å². The molecule has 220 valence electrons. The Kier molecular flexibility index (Phi) is 12.1. The van der Waals surface area contributed by atoms with Crippen LogP contribution in [-0.2, 0) is 50.1 Å². The fourth-order valence-corrected chi connectivity index (χ4v) is 6.02. The van der Waals surface area contributed by atoms with Gasteiger partial charge in [0.25, 0.3) is 0 Å². The molecule has 0 radical (unpaired) electrons. The Morgan fingerprint density at radius 3 is 1.38 bits per heavy atom. The van der Waals surface area contributed by atoms with Crippen molar-refractivity contribution in [2.45, 2.75) is 63.2 Å². The van der Waals surface area contributed by atoms with Crippen LogP contribution in [0.15, 0.2) is 121 Å². The highest BCUT2D eigenvalue weighted by molar-refractivity contribution is 7.99. The van der Waals surface area contributed by atoms with Crippen LogP contribution in [0.3, 0.4) is 0 Å². The molecule has 0 amide bonds. The van der Waals surface area contributed by atoms with E-state index in [1.807, 2.05) is 72.8 Å². The van der Waals surface area contributed by atoms with Crippen LogP contribution in [0.5, 0.6) is 0 Å². The van der Waals surface area contributed by atoms with E-state index < -0.39 is 6.10 Å². The standard InChI is InChI=1S/C36H40O5S/c1-2-42-36-35(40-26-31-21-13-6-14-22-31)34(39-25-30-19-11-5-12-20-30)33(38-24-29-17-9-4-10-18-29)32(41-36)27-37-23-28-15-7-3-8-16-28/h3-22,32-36H,2,23-27H2,1H3/t32-,33-,34+,35-,36?/m1/s1. The van der Waals surface area contributed by atoms with Crippen molar-refractivity contribution >= 4 is 11.8 Å². The van der Waals surface area contributed by atoms with E-state index >= 15 is 0 Å². The predicted molar refractivity (Wildman–Crippen MR) is 168 cm³/mol. The smallest absolute Gasteiger partial charge is 0.132 e. The zero-order valence-corrected chi connectivity index (χ0v) is 24.9. The summed E-state index contributed by atoms with van der Waals surface area (Å²) in [5.41, 5.74) is 4.19. The van der Waals surface area contributed by atoms with E-state index in [0.717, 1.165) is 28.0 Å². The highest BCUT2D eigenvalue weighted by Crippen LogP contribution is 2.35. The van der Waals surface area contributed by atoms with Crippen LogP contribution in [0.1, 0.15) is 29.2 Å². The molecule has 1 aliphatic rings.